The summed E-state index contributed by atoms with van der Waals surface area (Å²) in [5.41, 5.74) is 7.91. The Morgan fingerprint density at radius 1 is 1.33 bits per heavy atom. The molecule has 0 saturated heterocycles. The van der Waals surface area contributed by atoms with Crippen molar-refractivity contribution >= 4 is 24.3 Å². The van der Waals surface area contributed by atoms with Crippen molar-refractivity contribution in [2.75, 3.05) is 6.54 Å². The van der Waals surface area contributed by atoms with Gasteiger partial charge in [-0.25, -0.2) is 4.98 Å². The van der Waals surface area contributed by atoms with Gasteiger partial charge in [0.1, 0.15) is 0 Å². The second-order valence-electron chi connectivity index (χ2n) is 4.90. The van der Waals surface area contributed by atoms with E-state index < -0.39 is 0 Å². The van der Waals surface area contributed by atoms with Gasteiger partial charge in [-0.2, -0.15) is 0 Å². The van der Waals surface area contributed by atoms with Crippen molar-refractivity contribution in [2.45, 2.75) is 19.3 Å². The molecular weight excluding hydrogens is 220 g/mol. The van der Waals surface area contributed by atoms with Crippen LogP contribution in [0, 0.1) is 5.92 Å². The van der Waals surface area contributed by atoms with Crippen LogP contribution < -0.4 is 16.3 Å². The molecule has 0 spiro atoms. The second kappa shape index (κ2) is 4.91. The standard InChI is InChI=1S/C16H18N2/c17-9-3-4-12-7-8-16-14(10-12)11-13-5-1-2-6-15(13)18-16/h1,5-8,10-12H,2-4,9,17H2. The third-order valence-corrected chi connectivity index (χ3v) is 3.52. The highest BCUT2D eigenvalue weighted by molar-refractivity contribution is 5.61. The average molecular weight is 238 g/mol. The number of fused-ring (bicyclic) bond motifs is 2. The summed E-state index contributed by atoms with van der Waals surface area (Å²) < 4.78 is 0. The summed E-state index contributed by atoms with van der Waals surface area (Å²) in [4.78, 5) is 4.72. The monoisotopic (exact) mass is 238 g/mol. The van der Waals surface area contributed by atoms with Gasteiger partial charge in [0, 0.05) is 5.56 Å². The fourth-order valence-electron chi connectivity index (χ4n) is 2.55. The van der Waals surface area contributed by atoms with Crippen LogP contribution in [0.15, 0.2) is 18.2 Å². The van der Waals surface area contributed by atoms with E-state index in [1.54, 1.807) is 0 Å². The van der Waals surface area contributed by atoms with Crippen LogP contribution in [0.5, 0.6) is 0 Å². The summed E-state index contributed by atoms with van der Waals surface area (Å²) >= 11 is 0. The average Bonchev–Trinajstić information content (AvgIpc) is 2.42. The number of rotatable bonds is 3. The van der Waals surface area contributed by atoms with Crippen molar-refractivity contribution < 1.29 is 0 Å². The highest BCUT2D eigenvalue weighted by Gasteiger charge is 2.08. The molecule has 92 valence electrons. The Hall–Kier alpha value is -1.67. The first-order valence-electron chi connectivity index (χ1n) is 6.65. The van der Waals surface area contributed by atoms with Crippen LogP contribution in [-0.2, 0) is 0 Å². The van der Waals surface area contributed by atoms with Gasteiger partial charge < -0.3 is 5.73 Å². The third-order valence-electron chi connectivity index (χ3n) is 3.52. The minimum Gasteiger partial charge on any atom is -0.330 e. The first kappa shape index (κ1) is 11.4. The summed E-state index contributed by atoms with van der Waals surface area (Å²) in [5.74, 6) is 0.512. The Morgan fingerprint density at radius 2 is 2.28 bits per heavy atom. The lowest BCUT2D eigenvalue weighted by molar-refractivity contribution is 0.682. The summed E-state index contributed by atoms with van der Waals surface area (Å²) in [7, 11) is 0. The Kier molecular flexibility index (Phi) is 3.11. The highest BCUT2D eigenvalue weighted by atomic mass is 14.7. The van der Waals surface area contributed by atoms with E-state index in [0.29, 0.717) is 5.92 Å². The molecule has 2 nitrogen and oxygen atoms in total. The lowest BCUT2D eigenvalue weighted by Gasteiger charge is -2.13. The van der Waals surface area contributed by atoms with Gasteiger partial charge in [-0.1, -0.05) is 30.4 Å². The van der Waals surface area contributed by atoms with Crippen molar-refractivity contribution in [3.05, 3.63) is 40.0 Å². The SMILES string of the molecule is NCCCC1C=Cc2nc3c(cc2=C1)C=CCC=3. The molecule has 0 bridgehead atoms. The summed E-state index contributed by atoms with van der Waals surface area (Å²) in [6.45, 7) is 0.769. The van der Waals surface area contributed by atoms with Crippen molar-refractivity contribution in [1.82, 2.24) is 4.98 Å². The van der Waals surface area contributed by atoms with E-state index in [0.717, 1.165) is 36.9 Å². The zero-order chi connectivity index (χ0) is 12.4. The van der Waals surface area contributed by atoms with E-state index in [1.807, 2.05) is 0 Å². The van der Waals surface area contributed by atoms with Gasteiger partial charge in [0.15, 0.2) is 0 Å². The molecule has 0 aromatic carbocycles. The van der Waals surface area contributed by atoms with Crippen molar-refractivity contribution in [3.8, 4) is 0 Å². The van der Waals surface area contributed by atoms with E-state index >= 15 is 0 Å². The van der Waals surface area contributed by atoms with E-state index in [-0.39, 0.29) is 0 Å². The summed E-state index contributed by atoms with van der Waals surface area (Å²) in [5, 5.41) is 2.38. The molecule has 2 aliphatic rings. The molecule has 1 aromatic rings. The molecule has 3 rings (SSSR count). The van der Waals surface area contributed by atoms with E-state index in [4.69, 9.17) is 10.7 Å². The quantitative estimate of drug-likeness (QED) is 0.865. The molecular formula is C16H18N2. The van der Waals surface area contributed by atoms with Gasteiger partial charge in [0.05, 0.1) is 11.0 Å². The number of nitrogens with two attached hydrogens (primary N) is 1. The van der Waals surface area contributed by atoms with Crippen LogP contribution in [0.3, 0.4) is 0 Å². The fourth-order valence-corrected chi connectivity index (χ4v) is 2.55. The molecule has 1 atom stereocenters. The van der Waals surface area contributed by atoms with Crippen molar-refractivity contribution in [3.63, 3.8) is 0 Å². The highest BCUT2D eigenvalue weighted by Crippen LogP contribution is 2.15. The minimum absolute atomic E-state index is 0.512. The van der Waals surface area contributed by atoms with Gasteiger partial charge >= 0.3 is 0 Å². The third kappa shape index (κ3) is 2.16. The zero-order valence-corrected chi connectivity index (χ0v) is 10.5. The summed E-state index contributed by atoms with van der Waals surface area (Å²) in [6.07, 6.45) is 16.5. The van der Waals surface area contributed by atoms with Gasteiger partial charge in [0.2, 0.25) is 0 Å². The Morgan fingerprint density at radius 3 is 3.17 bits per heavy atom. The van der Waals surface area contributed by atoms with Crippen LogP contribution in [0.25, 0.3) is 24.3 Å². The van der Waals surface area contributed by atoms with Crippen LogP contribution in [0.2, 0.25) is 0 Å². The molecule has 18 heavy (non-hydrogen) atoms. The van der Waals surface area contributed by atoms with Gasteiger partial charge in [-0.05, 0) is 49.1 Å². The Labute approximate surface area is 107 Å². The molecule has 1 aromatic heterocycles. The maximum absolute atomic E-state index is 5.57. The zero-order valence-electron chi connectivity index (χ0n) is 10.5. The lowest BCUT2D eigenvalue weighted by Crippen LogP contribution is -2.24. The largest absolute Gasteiger partial charge is 0.330 e. The van der Waals surface area contributed by atoms with Crippen LogP contribution in [0.4, 0.5) is 0 Å². The number of hydrogen-bond donors (Lipinski definition) is 1. The first-order chi connectivity index (χ1) is 8.86. The lowest BCUT2D eigenvalue weighted by atomic mass is 9.95. The van der Waals surface area contributed by atoms with Crippen molar-refractivity contribution in [2.24, 2.45) is 11.7 Å². The molecule has 0 amide bonds. The topological polar surface area (TPSA) is 38.9 Å². The fraction of sp³-hybridized carbons (Fsp3) is 0.312. The Balaban J connectivity index is 2.01. The van der Waals surface area contributed by atoms with E-state index in [9.17, 15) is 0 Å². The van der Waals surface area contributed by atoms with Crippen LogP contribution in [0.1, 0.15) is 30.5 Å². The number of aromatic nitrogens is 1. The maximum atomic E-state index is 5.57. The number of pyridine rings is 1. The minimum atomic E-state index is 0.512. The van der Waals surface area contributed by atoms with E-state index in [2.05, 4.69) is 42.5 Å². The van der Waals surface area contributed by atoms with Crippen LogP contribution in [-0.4, -0.2) is 11.5 Å². The molecule has 2 N–H and O–H groups in total. The molecule has 0 saturated carbocycles. The number of allylic oxidation sites excluding steroid dienone is 2. The molecule has 1 unspecified atom stereocenters. The van der Waals surface area contributed by atoms with Crippen LogP contribution >= 0.6 is 0 Å². The summed E-state index contributed by atoms with van der Waals surface area (Å²) in [6, 6.07) is 2.25. The smallest absolute Gasteiger partial charge is 0.0703 e. The van der Waals surface area contributed by atoms with Gasteiger partial charge in [0.25, 0.3) is 0 Å². The molecule has 0 radical (unpaired) electrons. The predicted molar refractivity (Wildman–Crippen MR) is 76.9 cm³/mol. The molecule has 2 aliphatic carbocycles. The molecule has 1 heterocycles. The van der Waals surface area contributed by atoms with Crippen molar-refractivity contribution in [1.29, 1.82) is 0 Å². The van der Waals surface area contributed by atoms with E-state index in [1.165, 1.54) is 10.8 Å². The normalized spacial score (nSPS) is 19.7. The molecule has 2 heteroatoms. The molecule has 0 aliphatic heterocycles. The molecule has 0 fully saturated rings. The predicted octanol–water partition coefficient (Wildman–Crippen LogP) is 1.44. The second-order valence-corrected chi connectivity index (χ2v) is 4.90. The maximum Gasteiger partial charge on any atom is 0.0703 e. The van der Waals surface area contributed by atoms with Gasteiger partial charge in [-0.15, -0.1) is 0 Å². The Bertz CT molecular complexity index is 623. The number of hydrogen-bond acceptors (Lipinski definition) is 2. The van der Waals surface area contributed by atoms with Gasteiger partial charge in [-0.3, -0.25) is 0 Å². The number of nitrogens with zero attached hydrogens (tertiary/aromatic N) is 1. The first-order valence-corrected chi connectivity index (χ1v) is 6.65.